The molecular formula is C14H18ClN3O2S. The van der Waals surface area contributed by atoms with Gasteiger partial charge in [-0.25, -0.2) is 18.4 Å². The monoisotopic (exact) mass is 327 g/mol. The molecule has 2 aromatic rings. The minimum Gasteiger partial charge on any atom is -0.310 e. The second-order valence-corrected chi connectivity index (χ2v) is 8.68. The highest BCUT2D eigenvalue weighted by Crippen LogP contribution is 2.28. The summed E-state index contributed by atoms with van der Waals surface area (Å²) in [6.45, 7) is 4.14. The van der Waals surface area contributed by atoms with E-state index in [1.54, 1.807) is 0 Å². The second kappa shape index (κ2) is 5.25. The van der Waals surface area contributed by atoms with E-state index in [-0.39, 0.29) is 16.4 Å². The van der Waals surface area contributed by atoms with Crippen molar-refractivity contribution in [1.82, 2.24) is 14.5 Å². The Hall–Kier alpha value is -1.14. The average Bonchev–Trinajstić information content (AvgIpc) is 2.91. The summed E-state index contributed by atoms with van der Waals surface area (Å²) >= 11 is 6.22. The summed E-state index contributed by atoms with van der Waals surface area (Å²) in [5, 5.41) is -0.644. The molecule has 2 aromatic heterocycles. The summed E-state index contributed by atoms with van der Waals surface area (Å²) < 4.78 is 26.1. The number of nitrogens with zero attached hydrogens (tertiary/aromatic N) is 3. The molecule has 1 aliphatic rings. The molecule has 2 atom stereocenters. The van der Waals surface area contributed by atoms with E-state index in [1.165, 1.54) is 0 Å². The molecule has 3 heterocycles. The molecule has 1 fully saturated rings. The Bertz CT molecular complexity index is 783. The van der Waals surface area contributed by atoms with Gasteiger partial charge in [-0.15, -0.1) is 11.6 Å². The van der Waals surface area contributed by atoms with Crippen molar-refractivity contribution < 1.29 is 8.42 Å². The first-order chi connectivity index (χ1) is 9.88. The van der Waals surface area contributed by atoms with Crippen molar-refractivity contribution in [2.45, 2.75) is 43.9 Å². The molecule has 7 heteroatoms. The lowest BCUT2D eigenvalue weighted by atomic mass is 10.2. The number of hydrogen-bond donors (Lipinski definition) is 0. The molecule has 0 aliphatic carbocycles. The predicted molar refractivity (Wildman–Crippen MR) is 83.3 cm³/mol. The summed E-state index contributed by atoms with van der Waals surface area (Å²) in [7, 11) is -3.00. The van der Waals surface area contributed by atoms with Crippen LogP contribution >= 0.6 is 11.6 Å². The lowest BCUT2D eigenvalue weighted by Crippen LogP contribution is -2.23. The van der Waals surface area contributed by atoms with E-state index in [4.69, 9.17) is 11.6 Å². The van der Waals surface area contributed by atoms with Crippen molar-refractivity contribution in [2.24, 2.45) is 0 Å². The van der Waals surface area contributed by atoms with Gasteiger partial charge in [-0.1, -0.05) is 0 Å². The van der Waals surface area contributed by atoms with E-state index < -0.39 is 9.84 Å². The number of aryl methyl sites for hydroxylation is 1. The van der Waals surface area contributed by atoms with Gasteiger partial charge in [0.2, 0.25) is 0 Å². The van der Waals surface area contributed by atoms with Crippen LogP contribution in [0.5, 0.6) is 0 Å². The maximum Gasteiger partial charge on any atom is 0.160 e. The van der Waals surface area contributed by atoms with E-state index in [0.29, 0.717) is 18.8 Å². The fraction of sp³-hybridized carbons (Fsp3) is 0.571. The van der Waals surface area contributed by atoms with Crippen LogP contribution in [0.1, 0.15) is 36.7 Å². The van der Waals surface area contributed by atoms with Crippen LogP contribution in [0.25, 0.3) is 11.2 Å². The van der Waals surface area contributed by atoms with Crippen molar-refractivity contribution in [2.75, 3.05) is 5.75 Å². The predicted octanol–water partition coefficient (Wildman–Crippen LogP) is 2.62. The smallest absolute Gasteiger partial charge is 0.160 e. The molecule has 0 saturated carbocycles. The molecule has 1 aliphatic heterocycles. The van der Waals surface area contributed by atoms with Crippen LogP contribution < -0.4 is 0 Å². The van der Waals surface area contributed by atoms with Crippen molar-refractivity contribution in [3.05, 3.63) is 23.7 Å². The molecule has 0 amide bonds. The highest BCUT2D eigenvalue weighted by atomic mass is 35.5. The van der Waals surface area contributed by atoms with Gasteiger partial charge in [-0.2, -0.15) is 0 Å². The molecule has 0 spiro atoms. The van der Waals surface area contributed by atoms with Crippen LogP contribution in [0.15, 0.2) is 12.1 Å². The molecular weight excluding hydrogens is 310 g/mol. The van der Waals surface area contributed by atoms with E-state index in [0.717, 1.165) is 23.3 Å². The van der Waals surface area contributed by atoms with Gasteiger partial charge in [-0.3, -0.25) is 0 Å². The first-order valence-electron chi connectivity index (χ1n) is 7.08. The summed E-state index contributed by atoms with van der Waals surface area (Å²) in [5.41, 5.74) is 2.37. The Morgan fingerprint density at radius 1 is 1.43 bits per heavy atom. The first kappa shape index (κ1) is 14.8. The first-order valence-corrected chi connectivity index (χ1v) is 9.23. The van der Waals surface area contributed by atoms with Crippen LogP contribution in [-0.4, -0.2) is 34.0 Å². The lowest BCUT2D eigenvalue weighted by Gasteiger charge is -2.14. The number of alkyl halides is 1. The van der Waals surface area contributed by atoms with Crippen molar-refractivity contribution in [3.63, 3.8) is 0 Å². The van der Waals surface area contributed by atoms with Crippen LogP contribution in [-0.2, 0) is 16.4 Å². The van der Waals surface area contributed by atoms with Gasteiger partial charge < -0.3 is 4.57 Å². The number of pyridine rings is 1. The van der Waals surface area contributed by atoms with Gasteiger partial charge in [0.25, 0.3) is 0 Å². The fourth-order valence-electron chi connectivity index (χ4n) is 2.86. The number of fused-ring (bicyclic) bond motifs is 1. The normalized spacial score (nSPS) is 22.7. The van der Waals surface area contributed by atoms with Gasteiger partial charge in [0.15, 0.2) is 15.5 Å². The van der Waals surface area contributed by atoms with Crippen molar-refractivity contribution in [1.29, 1.82) is 0 Å². The quantitative estimate of drug-likeness (QED) is 0.813. The standard InChI is InChI=1S/C14H18ClN3O2S/c1-9-5-6-12-14(16-9)18(13(17-12)10(2)15)8-11-4-3-7-21(11,19)20/h5-6,10-11H,3-4,7-8H2,1-2H3. The average molecular weight is 328 g/mol. The van der Waals surface area contributed by atoms with Crippen molar-refractivity contribution >= 4 is 32.6 Å². The molecule has 114 valence electrons. The highest BCUT2D eigenvalue weighted by molar-refractivity contribution is 7.92. The van der Waals surface area contributed by atoms with Gasteiger partial charge in [0.05, 0.1) is 16.4 Å². The van der Waals surface area contributed by atoms with E-state index in [1.807, 2.05) is 30.5 Å². The summed E-state index contributed by atoms with van der Waals surface area (Å²) in [5.74, 6) is 0.967. The van der Waals surface area contributed by atoms with Crippen molar-refractivity contribution in [3.8, 4) is 0 Å². The van der Waals surface area contributed by atoms with E-state index in [2.05, 4.69) is 9.97 Å². The molecule has 0 radical (unpaired) electrons. The summed E-state index contributed by atoms with van der Waals surface area (Å²) in [6, 6.07) is 3.80. The van der Waals surface area contributed by atoms with Crippen LogP contribution in [0, 0.1) is 6.92 Å². The lowest BCUT2D eigenvalue weighted by molar-refractivity contribution is 0.561. The Kier molecular flexibility index (Phi) is 3.69. The van der Waals surface area contributed by atoms with Crippen LogP contribution in [0.4, 0.5) is 0 Å². The van der Waals surface area contributed by atoms with Gasteiger partial charge in [0.1, 0.15) is 11.3 Å². The van der Waals surface area contributed by atoms with Crippen LogP contribution in [0.2, 0.25) is 0 Å². The second-order valence-electron chi connectivity index (χ2n) is 5.62. The SMILES string of the molecule is Cc1ccc2nc(C(C)Cl)n(CC3CCCS3(=O)=O)c2n1. The number of sulfone groups is 1. The highest BCUT2D eigenvalue weighted by Gasteiger charge is 2.33. The zero-order valence-corrected chi connectivity index (χ0v) is 13.7. The summed E-state index contributed by atoms with van der Waals surface area (Å²) in [4.78, 5) is 9.03. The van der Waals surface area contributed by atoms with E-state index >= 15 is 0 Å². The van der Waals surface area contributed by atoms with Gasteiger partial charge in [-0.05, 0) is 38.8 Å². The third kappa shape index (κ3) is 2.66. The molecule has 0 bridgehead atoms. The third-order valence-electron chi connectivity index (χ3n) is 3.97. The molecule has 5 nitrogen and oxygen atoms in total. The zero-order valence-electron chi connectivity index (χ0n) is 12.1. The molecule has 21 heavy (non-hydrogen) atoms. The minimum absolute atomic E-state index is 0.280. The maximum atomic E-state index is 12.1. The molecule has 0 aromatic carbocycles. The molecule has 3 rings (SSSR count). The Morgan fingerprint density at radius 3 is 2.81 bits per heavy atom. The number of aromatic nitrogens is 3. The number of hydrogen-bond acceptors (Lipinski definition) is 4. The molecule has 1 saturated heterocycles. The van der Waals surface area contributed by atoms with E-state index in [9.17, 15) is 8.42 Å². The zero-order chi connectivity index (χ0) is 15.2. The molecule has 2 unspecified atom stereocenters. The van der Waals surface area contributed by atoms with Crippen LogP contribution in [0.3, 0.4) is 0 Å². The fourth-order valence-corrected chi connectivity index (χ4v) is 4.84. The maximum absolute atomic E-state index is 12.1. The van der Waals surface area contributed by atoms with Gasteiger partial charge in [0, 0.05) is 12.2 Å². The Balaban J connectivity index is 2.11. The number of halogens is 1. The minimum atomic E-state index is -3.00. The summed E-state index contributed by atoms with van der Waals surface area (Å²) in [6.07, 6.45) is 1.43. The third-order valence-corrected chi connectivity index (χ3v) is 6.42. The number of imidazole rings is 1. The Morgan fingerprint density at radius 2 is 2.19 bits per heavy atom. The largest absolute Gasteiger partial charge is 0.310 e. The Labute approximate surface area is 129 Å². The van der Waals surface area contributed by atoms with Gasteiger partial charge >= 0.3 is 0 Å². The number of rotatable bonds is 3. The topological polar surface area (TPSA) is 64.8 Å². The molecule has 0 N–H and O–H groups in total.